The Kier molecular flexibility index (Phi) is 4.84. The zero-order valence-electron chi connectivity index (χ0n) is 10.7. The minimum Gasteiger partial charge on any atom is -0.394 e. The Morgan fingerprint density at radius 3 is 2.76 bits per heavy atom. The smallest absolute Gasteiger partial charge is 0.394 e. The number of hydrogen-bond acceptors (Lipinski definition) is 4. The topological polar surface area (TPSA) is 63.0 Å². The second-order valence-corrected chi connectivity index (χ2v) is 5.10. The van der Waals surface area contributed by atoms with Crippen LogP contribution >= 0.6 is 15.9 Å². The lowest BCUT2D eigenvalue weighted by Gasteiger charge is -2.11. The molecule has 0 unspecified atom stereocenters. The number of nitrogens with zero attached hydrogens (tertiary/aromatic N) is 3. The second-order valence-electron chi connectivity index (χ2n) is 4.24. The van der Waals surface area contributed by atoms with Crippen molar-refractivity contribution >= 4 is 21.6 Å². The molecule has 0 aliphatic rings. The van der Waals surface area contributed by atoms with Gasteiger partial charge in [-0.05, 0) is 34.1 Å². The maximum absolute atomic E-state index is 12.7. The number of benzene rings is 1. The molecule has 5 nitrogen and oxygen atoms in total. The van der Waals surface area contributed by atoms with Gasteiger partial charge >= 0.3 is 6.18 Å². The molecule has 0 fully saturated rings. The molecule has 21 heavy (non-hydrogen) atoms. The molecule has 0 saturated carbocycles. The van der Waals surface area contributed by atoms with Crippen LogP contribution in [0.4, 0.5) is 18.9 Å². The van der Waals surface area contributed by atoms with Crippen molar-refractivity contribution in [2.75, 3.05) is 11.9 Å². The van der Waals surface area contributed by atoms with Crippen LogP contribution in [0.2, 0.25) is 0 Å². The van der Waals surface area contributed by atoms with Crippen LogP contribution in [0.3, 0.4) is 0 Å². The van der Waals surface area contributed by atoms with E-state index in [0.29, 0.717) is 22.4 Å². The van der Waals surface area contributed by atoms with Gasteiger partial charge in [0.2, 0.25) is 0 Å². The number of anilines is 1. The molecule has 2 aromatic rings. The molecule has 9 heteroatoms. The fraction of sp³-hybridized carbons (Fsp3) is 0.333. The van der Waals surface area contributed by atoms with Crippen LogP contribution in [0.5, 0.6) is 0 Å². The van der Waals surface area contributed by atoms with E-state index in [1.807, 2.05) is 0 Å². The Balaban J connectivity index is 2.08. The lowest BCUT2D eigenvalue weighted by Crippen LogP contribution is -2.07. The van der Waals surface area contributed by atoms with Crippen molar-refractivity contribution in [1.29, 1.82) is 0 Å². The highest BCUT2D eigenvalue weighted by molar-refractivity contribution is 9.10. The Morgan fingerprint density at radius 1 is 1.33 bits per heavy atom. The van der Waals surface area contributed by atoms with E-state index in [-0.39, 0.29) is 13.2 Å². The molecule has 0 aliphatic carbocycles. The van der Waals surface area contributed by atoms with Crippen LogP contribution in [0, 0.1) is 0 Å². The van der Waals surface area contributed by atoms with Crippen molar-refractivity contribution in [2.24, 2.45) is 0 Å². The van der Waals surface area contributed by atoms with Gasteiger partial charge in [-0.3, -0.25) is 0 Å². The van der Waals surface area contributed by atoms with E-state index in [4.69, 9.17) is 5.11 Å². The third-order valence-electron chi connectivity index (χ3n) is 2.67. The van der Waals surface area contributed by atoms with Gasteiger partial charge in [0.1, 0.15) is 5.69 Å². The van der Waals surface area contributed by atoms with Gasteiger partial charge in [0, 0.05) is 10.2 Å². The predicted molar refractivity (Wildman–Crippen MR) is 73.6 cm³/mol. The summed E-state index contributed by atoms with van der Waals surface area (Å²) in [5.74, 6) is 0. The van der Waals surface area contributed by atoms with Gasteiger partial charge in [-0.25, -0.2) is 4.68 Å². The van der Waals surface area contributed by atoms with Crippen molar-refractivity contribution in [3.63, 3.8) is 0 Å². The van der Waals surface area contributed by atoms with Crippen LogP contribution < -0.4 is 5.32 Å². The number of hydrogen-bond donors (Lipinski definition) is 2. The quantitative estimate of drug-likeness (QED) is 0.855. The summed E-state index contributed by atoms with van der Waals surface area (Å²) >= 11 is 3.20. The molecular formula is C12H12BrF3N4O. The first-order valence-electron chi connectivity index (χ1n) is 6.00. The molecule has 2 rings (SSSR count). The number of nitrogens with one attached hydrogen (secondary N) is 1. The maximum atomic E-state index is 12.7. The molecule has 0 amide bonds. The summed E-state index contributed by atoms with van der Waals surface area (Å²) in [5.41, 5.74) is 0.159. The molecule has 1 aromatic heterocycles. The van der Waals surface area contributed by atoms with Crippen molar-refractivity contribution in [3.05, 3.63) is 40.1 Å². The molecule has 0 aliphatic heterocycles. The molecule has 114 valence electrons. The minimum atomic E-state index is -4.39. The first-order chi connectivity index (χ1) is 9.90. The van der Waals surface area contributed by atoms with Crippen LogP contribution in [0.1, 0.15) is 11.3 Å². The zero-order chi connectivity index (χ0) is 15.5. The average Bonchev–Trinajstić information content (AvgIpc) is 2.84. The van der Waals surface area contributed by atoms with E-state index in [2.05, 4.69) is 31.6 Å². The Labute approximate surface area is 126 Å². The molecule has 0 saturated heterocycles. The zero-order valence-corrected chi connectivity index (χ0v) is 12.3. The fourth-order valence-electron chi connectivity index (χ4n) is 1.65. The number of rotatable bonds is 5. The van der Waals surface area contributed by atoms with Gasteiger partial charge in [0.05, 0.1) is 31.5 Å². The summed E-state index contributed by atoms with van der Waals surface area (Å²) in [6, 6.07) is 3.38. The van der Waals surface area contributed by atoms with Crippen molar-refractivity contribution in [2.45, 2.75) is 19.3 Å². The number of aliphatic hydroxyl groups excluding tert-OH is 1. The summed E-state index contributed by atoms with van der Waals surface area (Å²) in [7, 11) is 0. The summed E-state index contributed by atoms with van der Waals surface area (Å²) in [4.78, 5) is 0. The first-order valence-corrected chi connectivity index (χ1v) is 6.80. The van der Waals surface area contributed by atoms with E-state index >= 15 is 0 Å². The van der Waals surface area contributed by atoms with Gasteiger partial charge in [0.25, 0.3) is 0 Å². The minimum absolute atomic E-state index is 0.0601. The summed E-state index contributed by atoms with van der Waals surface area (Å²) in [5, 5.41) is 19.3. The SMILES string of the molecule is OCCn1cc(CNc2cc(C(F)(F)F)ccc2Br)nn1. The van der Waals surface area contributed by atoms with Crippen LogP contribution in [0.15, 0.2) is 28.9 Å². The number of alkyl halides is 3. The lowest BCUT2D eigenvalue weighted by atomic mass is 10.2. The van der Waals surface area contributed by atoms with Crippen LogP contribution in [-0.4, -0.2) is 26.7 Å². The highest BCUT2D eigenvalue weighted by Gasteiger charge is 2.30. The molecule has 1 aromatic carbocycles. The number of aromatic nitrogens is 3. The molecule has 0 bridgehead atoms. The summed E-state index contributed by atoms with van der Waals surface area (Å²) < 4.78 is 40.0. The van der Waals surface area contributed by atoms with Crippen molar-refractivity contribution in [3.8, 4) is 0 Å². The third-order valence-corrected chi connectivity index (χ3v) is 3.36. The highest BCUT2D eigenvalue weighted by atomic mass is 79.9. The molecule has 1 heterocycles. The van der Waals surface area contributed by atoms with E-state index in [0.717, 1.165) is 12.1 Å². The highest BCUT2D eigenvalue weighted by Crippen LogP contribution is 2.34. The van der Waals surface area contributed by atoms with Gasteiger partial charge in [-0.2, -0.15) is 13.2 Å². The maximum Gasteiger partial charge on any atom is 0.416 e. The molecule has 0 atom stereocenters. The first kappa shape index (κ1) is 15.8. The standard InChI is InChI=1S/C12H12BrF3N4O/c13-10-2-1-8(12(14,15)16)5-11(10)17-6-9-7-20(3-4-21)19-18-9/h1-2,5,7,17,21H,3-4,6H2. The van der Waals surface area contributed by atoms with Crippen molar-refractivity contribution in [1.82, 2.24) is 15.0 Å². The summed E-state index contributed by atoms with van der Waals surface area (Å²) in [6.45, 7) is 0.487. The molecule has 0 spiro atoms. The Bertz CT molecular complexity index is 615. The van der Waals surface area contributed by atoms with E-state index in [1.165, 1.54) is 10.7 Å². The van der Waals surface area contributed by atoms with E-state index < -0.39 is 11.7 Å². The normalized spacial score (nSPS) is 11.7. The molecule has 0 radical (unpaired) electrons. The second kappa shape index (κ2) is 6.44. The summed E-state index contributed by atoms with van der Waals surface area (Å²) in [6.07, 6.45) is -2.77. The van der Waals surface area contributed by atoms with Crippen molar-refractivity contribution < 1.29 is 18.3 Å². The Hall–Kier alpha value is -1.61. The largest absolute Gasteiger partial charge is 0.416 e. The lowest BCUT2D eigenvalue weighted by molar-refractivity contribution is -0.137. The molecular weight excluding hydrogens is 353 g/mol. The van der Waals surface area contributed by atoms with E-state index in [9.17, 15) is 13.2 Å². The predicted octanol–water partition coefficient (Wildman–Crippen LogP) is 2.66. The fourth-order valence-corrected chi connectivity index (χ4v) is 2.04. The number of halogens is 4. The van der Waals surface area contributed by atoms with Gasteiger partial charge in [-0.1, -0.05) is 5.21 Å². The van der Waals surface area contributed by atoms with E-state index in [1.54, 1.807) is 6.20 Å². The molecule has 2 N–H and O–H groups in total. The van der Waals surface area contributed by atoms with Crippen LogP contribution in [-0.2, 0) is 19.3 Å². The monoisotopic (exact) mass is 364 g/mol. The van der Waals surface area contributed by atoms with Gasteiger partial charge < -0.3 is 10.4 Å². The van der Waals surface area contributed by atoms with Crippen LogP contribution in [0.25, 0.3) is 0 Å². The van der Waals surface area contributed by atoms with Gasteiger partial charge in [-0.15, -0.1) is 5.10 Å². The Morgan fingerprint density at radius 2 is 2.10 bits per heavy atom. The number of aliphatic hydroxyl groups is 1. The van der Waals surface area contributed by atoms with Gasteiger partial charge in [0.15, 0.2) is 0 Å². The third kappa shape index (κ3) is 4.18. The average molecular weight is 365 g/mol.